The molecule has 4 rings (SSSR count). The van der Waals surface area contributed by atoms with E-state index in [1.807, 2.05) is 56.3 Å². The van der Waals surface area contributed by atoms with Crippen LogP contribution in [0.5, 0.6) is 0 Å². The van der Waals surface area contributed by atoms with Gasteiger partial charge in [0.1, 0.15) is 12.6 Å². The first-order chi connectivity index (χ1) is 21.0. The molecule has 1 N–H and O–H groups in total. The van der Waals surface area contributed by atoms with Gasteiger partial charge in [0.2, 0.25) is 11.8 Å². The van der Waals surface area contributed by atoms with Crippen molar-refractivity contribution in [2.45, 2.75) is 43.7 Å². The first kappa shape index (κ1) is 33.1. The van der Waals surface area contributed by atoms with Gasteiger partial charge < -0.3 is 10.2 Å². The van der Waals surface area contributed by atoms with Crippen molar-refractivity contribution in [3.05, 3.63) is 130 Å². The highest BCUT2D eigenvalue weighted by Gasteiger charge is 2.34. The predicted octanol–water partition coefficient (Wildman–Crippen LogP) is 6.70. The molecule has 0 fully saturated rings. The summed E-state index contributed by atoms with van der Waals surface area (Å²) in [6.45, 7) is 3.49. The Morgan fingerprint density at radius 1 is 0.841 bits per heavy atom. The molecule has 44 heavy (non-hydrogen) atoms. The van der Waals surface area contributed by atoms with Crippen LogP contribution in [0.4, 0.5) is 5.69 Å². The van der Waals surface area contributed by atoms with Crippen molar-refractivity contribution < 1.29 is 18.0 Å². The van der Waals surface area contributed by atoms with Crippen molar-refractivity contribution in [3.8, 4) is 0 Å². The summed E-state index contributed by atoms with van der Waals surface area (Å²) in [6, 6.07) is 28.3. The van der Waals surface area contributed by atoms with Crippen LogP contribution < -0.4 is 9.62 Å². The molecule has 1 unspecified atom stereocenters. The van der Waals surface area contributed by atoms with Gasteiger partial charge in [-0.1, -0.05) is 104 Å². The number of likely N-dealkylation sites (N-methyl/N-ethyl adjacent to an activating group) is 1. The lowest BCUT2D eigenvalue weighted by Crippen LogP contribution is -2.53. The van der Waals surface area contributed by atoms with Crippen LogP contribution in [-0.4, -0.2) is 44.8 Å². The molecule has 0 aromatic heterocycles. The van der Waals surface area contributed by atoms with Gasteiger partial charge in [0.25, 0.3) is 10.0 Å². The minimum absolute atomic E-state index is 0.0418. The number of sulfonamides is 1. The molecule has 0 radical (unpaired) electrons. The average molecular weight is 653 g/mol. The predicted molar refractivity (Wildman–Crippen MR) is 177 cm³/mol. The summed E-state index contributed by atoms with van der Waals surface area (Å²) in [5.41, 5.74) is 2.75. The van der Waals surface area contributed by atoms with Crippen LogP contribution in [0.3, 0.4) is 0 Å². The molecule has 0 saturated heterocycles. The van der Waals surface area contributed by atoms with E-state index in [0.717, 1.165) is 15.4 Å². The highest BCUT2D eigenvalue weighted by atomic mass is 35.5. The third-order valence-electron chi connectivity index (χ3n) is 7.33. The molecule has 4 aromatic rings. The van der Waals surface area contributed by atoms with E-state index in [1.54, 1.807) is 48.5 Å². The maximum Gasteiger partial charge on any atom is 0.264 e. The minimum atomic E-state index is -4.17. The Bertz CT molecular complexity index is 1680. The molecule has 0 aliphatic carbocycles. The Balaban J connectivity index is 1.80. The zero-order chi connectivity index (χ0) is 31.9. The van der Waals surface area contributed by atoms with Crippen LogP contribution in [0.15, 0.2) is 108 Å². The number of carbonyl (C=O) groups excluding carboxylic acids is 2. The lowest BCUT2D eigenvalue weighted by molar-refractivity contribution is -0.139. The molecule has 0 aliphatic heterocycles. The third kappa shape index (κ3) is 8.00. The smallest absolute Gasteiger partial charge is 0.264 e. The first-order valence-corrected chi connectivity index (χ1v) is 16.4. The van der Waals surface area contributed by atoms with Gasteiger partial charge in [-0.05, 0) is 59.0 Å². The lowest BCUT2D eigenvalue weighted by Gasteiger charge is -2.34. The van der Waals surface area contributed by atoms with E-state index in [1.165, 1.54) is 24.1 Å². The van der Waals surface area contributed by atoms with Crippen LogP contribution in [0.25, 0.3) is 0 Å². The molecule has 0 heterocycles. The molecule has 0 aliphatic rings. The summed E-state index contributed by atoms with van der Waals surface area (Å²) < 4.78 is 29.2. The second-order valence-corrected chi connectivity index (χ2v) is 13.4. The molecule has 10 heteroatoms. The van der Waals surface area contributed by atoms with E-state index >= 15 is 0 Å². The first-order valence-electron chi connectivity index (χ1n) is 14.2. The quantitative estimate of drug-likeness (QED) is 0.185. The standard InChI is InChI=1S/C34H35Cl2N3O4S/c1-24(2)26-15-18-29(19-16-26)39(44(42,43)30-12-8-5-9-13-30)23-33(40)38(22-27-14-17-28(35)21-31(27)36)32(34(41)37-3)20-25-10-6-4-7-11-25/h4-19,21,24,32H,20,22-23H2,1-3H3,(H,37,41). The fourth-order valence-corrected chi connectivity index (χ4v) is 6.73. The van der Waals surface area contributed by atoms with Crippen LogP contribution in [0.1, 0.15) is 36.5 Å². The summed E-state index contributed by atoms with van der Waals surface area (Å²) in [5.74, 6) is -0.741. The fraction of sp³-hybridized carbons (Fsp3) is 0.235. The van der Waals surface area contributed by atoms with Crippen molar-refractivity contribution in [1.82, 2.24) is 10.2 Å². The molecule has 0 saturated carbocycles. The van der Waals surface area contributed by atoms with Gasteiger partial charge in [0, 0.05) is 30.1 Å². The van der Waals surface area contributed by atoms with Gasteiger partial charge in [-0.25, -0.2) is 8.42 Å². The number of anilines is 1. The van der Waals surface area contributed by atoms with Crippen LogP contribution in [-0.2, 0) is 32.6 Å². The Kier molecular flexibility index (Phi) is 11.1. The van der Waals surface area contributed by atoms with Gasteiger partial charge >= 0.3 is 0 Å². The lowest BCUT2D eigenvalue weighted by atomic mass is 10.0. The molecule has 7 nitrogen and oxygen atoms in total. The zero-order valence-electron chi connectivity index (χ0n) is 24.8. The molecule has 0 bridgehead atoms. The highest BCUT2D eigenvalue weighted by Crippen LogP contribution is 2.28. The van der Waals surface area contributed by atoms with Crippen LogP contribution in [0.2, 0.25) is 10.0 Å². The second kappa shape index (κ2) is 14.8. The van der Waals surface area contributed by atoms with Crippen molar-refractivity contribution >= 4 is 50.7 Å². The summed E-state index contributed by atoms with van der Waals surface area (Å²) >= 11 is 12.7. The third-order valence-corrected chi connectivity index (χ3v) is 9.71. The maximum absolute atomic E-state index is 14.4. The zero-order valence-corrected chi connectivity index (χ0v) is 27.1. The molecule has 2 amide bonds. The topological polar surface area (TPSA) is 86.8 Å². The average Bonchev–Trinajstić information content (AvgIpc) is 3.02. The molecule has 4 aromatic carbocycles. The van der Waals surface area contributed by atoms with E-state index in [2.05, 4.69) is 5.32 Å². The number of nitrogens with zero attached hydrogens (tertiary/aromatic N) is 2. The van der Waals surface area contributed by atoms with E-state index in [0.29, 0.717) is 21.3 Å². The van der Waals surface area contributed by atoms with E-state index < -0.39 is 34.4 Å². The van der Waals surface area contributed by atoms with Gasteiger partial charge in [0.05, 0.1) is 10.6 Å². The highest BCUT2D eigenvalue weighted by molar-refractivity contribution is 7.92. The van der Waals surface area contributed by atoms with Gasteiger partial charge in [-0.15, -0.1) is 0 Å². The van der Waals surface area contributed by atoms with E-state index in [4.69, 9.17) is 23.2 Å². The maximum atomic E-state index is 14.4. The van der Waals surface area contributed by atoms with Gasteiger partial charge in [0.15, 0.2) is 0 Å². The second-order valence-electron chi connectivity index (χ2n) is 10.6. The number of benzene rings is 4. The van der Waals surface area contributed by atoms with Crippen LogP contribution >= 0.6 is 23.2 Å². The molecular formula is C34H35Cl2N3O4S. The number of nitrogens with one attached hydrogen (secondary N) is 1. The summed E-state index contributed by atoms with van der Waals surface area (Å²) in [5, 5.41) is 3.42. The molecule has 1 atom stereocenters. The molecular weight excluding hydrogens is 617 g/mol. The van der Waals surface area contributed by atoms with E-state index in [-0.39, 0.29) is 23.8 Å². The largest absolute Gasteiger partial charge is 0.357 e. The summed E-state index contributed by atoms with van der Waals surface area (Å²) in [4.78, 5) is 29.2. The van der Waals surface area contributed by atoms with Crippen molar-refractivity contribution in [2.75, 3.05) is 17.9 Å². The Morgan fingerprint density at radius 3 is 2.02 bits per heavy atom. The number of halogens is 2. The van der Waals surface area contributed by atoms with Gasteiger partial charge in [-0.2, -0.15) is 0 Å². The summed E-state index contributed by atoms with van der Waals surface area (Å²) in [7, 11) is -2.67. The Labute approximate surface area is 269 Å². The number of amides is 2. The Hall–Kier alpha value is -3.85. The normalized spacial score (nSPS) is 12.0. The van der Waals surface area contributed by atoms with Crippen LogP contribution in [0, 0.1) is 0 Å². The molecule has 0 spiro atoms. The number of hydrogen-bond donors (Lipinski definition) is 1. The molecule has 230 valence electrons. The van der Waals surface area contributed by atoms with Crippen molar-refractivity contribution in [2.24, 2.45) is 0 Å². The number of rotatable bonds is 12. The number of hydrogen-bond acceptors (Lipinski definition) is 4. The SMILES string of the molecule is CNC(=O)C(Cc1ccccc1)N(Cc1ccc(Cl)cc1Cl)C(=O)CN(c1ccc(C(C)C)cc1)S(=O)(=O)c1ccccc1. The number of carbonyl (C=O) groups is 2. The van der Waals surface area contributed by atoms with Crippen molar-refractivity contribution in [1.29, 1.82) is 0 Å². The minimum Gasteiger partial charge on any atom is -0.357 e. The fourth-order valence-electron chi connectivity index (χ4n) is 4.83. The monoisotopic (exact) mass is 651 g/mol. The Morgan fingerprint density at radius 2 is 1.45 bits per heavy atom. The van der Waals surface area contributed by atoms with E-state index in [9.17, 15) is 18.0 Å². The summed E-state index contributed by atoms with van der Waals surface area (Å²) in [6.07, 6.45) is 0.200. The van der Waals surface area contributed by atoms with Gasteiger partial charge in [-0.3, -0.25) is 13.9 Å². The van der Waals surface area contributed by atoms with Crippen molar-refractivity contribution in [3.63, 3.8) is 0 Å².